The summed E-state index contributed by atoms with van der Waals surface area (Å²) in [5.74, 6) is 0. The molecule has 17 heavy (non-hydrogen) atoms. The van der Waals surface area contributed by atoms with Gasteiger partial charge in [0.25, 0.3) is 0 Å². The molecule has 3 heteroatoms. The number of rotatable bonds is 0. The van der Waals surface area contributed by atoms with Crippen molar-refractivity contribution >= 4 is 22.3 Å². The summed E-state index contributed by atoms with van der Waals surface area (Å²) in [6.45, 7) is 0. The van der Waals surface area contributed by atoms with E-state index in [1.807, 2.05) is 24.3 Å². The Balaban J connectivity index is 2.31. The minimum absolute atomic E-state index is 0.674. The van der Waals surface area contributed by atoms with Gasteiger partial charge in [0.2, 0.25) is 0 Å². The normalized spacial score (nSPS) is 14.3. The average Bonchev–Trinajstić information content (AvgIpc) is 2.90. The summed E-state index contributed by atoms with van der Waals surface area (Å²) < 4.78 is 0. The van der Waals surface area contributed by atoms with Crippen molar-refractivity contribution in [3.63, 3.8) is 0 Å². The largest absolute Gasteiger partial charge is 0.255 e. The van der Waals surface area contributed by atoms with E-state index < -0.39 is 0 Å². The van der Waals surface area contributed by atoms with Crippen LogP contribution in [0.5, 0.6) is 0 Å². The summed E-state index contributed by atoms with van der Waals surface area (Å²) in [5.41, 5.74) is 1.91. The molecular formula is C14H7ClN2. The molecule has 0 aliphatic carbocycles. The average molecular weight is 239 g/mol. The van der Waals surface area contributed by atoms with E-state index in [0.29, 0.717) is 5.03 Å². The van der Waals surface area contributed by atoms with Gasteiger partial charge in [-0.2, -0.15) is 0 Å². The molecule has 0 saturated heterocycles. The molecule has 0 radical (unpaired) electrons. The van der Waals surface area contributed by atoms with Crippen molar-refractivity contribution in [3.05, 3.63) is 69.3 Å². The summed E-state index contributed by atoms with van der Waals surface area (Å²) in [6.07, 6.45) is 1.69. The van der Waals surface area contributed by atoms with Crippen LogP contribution in [0, 0.1) is 10.4 Å². The van der Waals surface area contributed by atoms with E-state index in [9.17, 15) is 0 Å². The first-order chi connectivity index (χ1) is 8.34. The monoisotopic (exact) mass is 238 g/mol. The molecule has 2 nitrogen and oxygen atoms in total. The fourth-order valence-corrected chi connectivity index (χ4v) is 2.60. The quantitative estimate of drug-likeness (QED) is 0.575. The van der Waals surface area contributed by atoms with E-state index >= 15 is 0 Å². The highest BCUT2D eigenvalue weighted by molar-refractivity contribution is 6.49. The van der Waals surface area contributed by atoms with Crippen LogP contribution in [0.15, 0.2) is 52.6 Å². The highest BCUT2D eigenvalue weighted by Gasteiger charge is 2.16. The maximum absolute atomic E-state index is 6.18. The fourth-order valence-electron chi connectivity index (χ4n) is 2.37. The molecule has 0 fully saturated rings. The summed E-state index contributed by atoms with van der Waals surface area (Å²) >= 11 is 6.18. The molecule has 0 spiro atoms. The van der Waals surface area contributed by atoms with Gasteiger partial charge in [-0.1, -0.05) is 29.8 Å². The number of hydrogen-bond donors (Lipinski definition) is 0. The second-order valence-corrected chi connectivity index (χ2v) is 4.50. The predicted octanol–water partition coefficient (Wildman–Crippen LogP) is 2.41. The lowest BCUT2D eigenvalue weighted by Gasteiger charge is -1.98. The first-order valence-electron chi connectivity index (χ1n) is 5.39. The van der Waals surface area contributed by atoms with Gasteiger partial charge >= 0.3 is 0 Å². The highest BCUT2D eigenvalue weighted by Crippen LogP contribution is 2.30. The van der Waals surface area contributed by atoms with E-state index in [-0.39, 0.29) is 0 Å². The lowest BCUT2D eigenvalue weighted by molar-refractivity contribution is 1.33. The van der Waals surface area contributed by atoms with E-state index in [1.54, 1.807) is 6.20 Å². The molecule has 0 amide bonds. The van der Waals surface area contributed by atoms with Crippen molar-refractivity contribution in [2.24, 2.45) is 9.98 Å². The van der Waals surface area contributed by atoms with E-state index in [2.05, 4.69) is 22.1 Å². The van der Waals surface area contributed by atoms with Crippen LogP contribution in [0.4, 0.5) is 5.69 Å². The molecule has 80 valence electrons. The van der Waals surface area contributed by atoms with Gasteiger partial charge < -0.3 is 0 Å². The zero-order valence-electron chi connectivity index (χ0n) is 8.81. The fraction of sp³-hybridized carbons (Fsp3) is 0. The van der Waals surface area contributed by atoms with Crippen LogP contribution in [0.3, 0.4) is 0 Å². The Bertz CT molecular complexity index is 895. The minimum Gasteiger partial charge on any atom is -0.255 e. The van der Waals surface area contributed by atoms with Crippen molar-refractivity contribution in [1.29, 1.82) is 0 Å². The molecule has 2 heterocycles. The van der Waals surface area contributed by atoms with Crippen LogP contribution in [0.1, 0.15) is 5.56 Å². The zero-order chi connectivity index (χ0) is 11.4. The Labute approximate surface area is 102 Å². The molecule has 0 N–H and O–H groups in total. The number of para-hydroxylation sites is 1. The lowest BCUT2D eigenvalue weighted by atomic mass is 10.1. The molecule has 0 bridgehead atoms. The number of fused-ring (bicyclic) bond motifs is 4. The smallest absolute Gasteiger partial charge is 0.0825 e. The van der Waals surface area contributed by atoms with Gasteiger partial charge in [0, 0.05) is 22.2 Å². The first kappa shape index (κ1) is 9.14. The maximum Gasteiger partial charge on any atom is 0.0825 e. The van der Waals surface area contributed by atoms with Gasteiger partial charge in [-0.05, 0) is 18.2 Å². The van der Waals surface area contributed by atoms with Gasteiger partial charge in [0.15, 0.2) is 0 Å². The van der Waals surface area contributed by atoms with Crippen molar-refractivity contribution in [3.8, 4) is 0 Å². The van der Waals surface area contributed by atoms with Gasteiger partial charge in [-0.3, -0.25) is 4.99 Å². The third-order valence-corrected chi connectivity index (χ3v) is 3.42. The van der Waals surface area contributed by atoms with Crippen LogP contribution >= 0.6 is 11.6 Å². The minimum atomic E-state index is 0.674. The van der Waals surface area contributed by atoms with Gasteiger partial charge in [0.05, 0.1) is 21.4 Å². The van der Waals surface area contributed by atoms with Crippen LogP contribution in [-0.2, 0) is 0 Å². The summed E-state index contributed by atoms with van der Waals surface area (Å²) in [4.78, 5) is 8.92. The molecule has 2 aliphatic heterocycles. The third kappa shape index (κ3) is 1.10. The van der Waals surface area contributed by atoms with Crippen molar-refractivity contribution in [1.82, 2.24) is 0 Å². The van der Waals surface area contributed by atoms with Gasteiger partial charge in [-0.25, -0.2) is 4.99 Å². The van der Waals surface area contributed by atoms with Crippen LogP contribution in [0.2, 0.25) is 0 Å². The van der Waals surface area contributed by atoms with Crippen molar-refractivity contribution in [2.75, 3.05) is 0 Å². The Hall–Kier alpha value is -1.93. The summed E-state index contributed by atoms with van der Waals surface area (Å²) in [7, 11) is 0. The number of benzene rings is 2. The Morgan fingerprint density at radius 3 is 2.71 bits per heavy atom. The second kappa shape index (κ2) is 3.05. The van der Waals surface area contributed by atoms with Crippen molar-refractivity contribution in [2.45, 2.75) is 0 Å². The van der Waals surface area contributed by atoms with E-state index in [0.717, 1.165) is 27.2 Å². The highest BCUT2D eigenvalue weighted by atomic mass is 35.5. The predicted molar refractivity (Wildman–Crippen MR) is 66.4 cm³/mol. The molecule has 2 aromatic carbocycles. The summed E-state index contributed by atoms with van der Waals surface area (Å²) in [6, 6.07) is 12.2. The maximum atomic E-state index is 6.18. The third-order valence-electron chi connectivity index (χ3n) is 3.14. The molecule has 0 aromatic heterocycles. The van der Waals surface area contributed by atoms with Gasteiger partial charge in [0.1, 0.15) is 0 Å². The van der Waals surface area contributed by atoms with Crippen LogP contribution in [0.25, 0.3) is 5.03 Å². The molecule has 0 saturated carbocycles. The SMILES string of the molecule is ClC1=CN=c2ccc3c(c21)N=c1ccccc1=3. The van der Waals surface area contributed by atoms with Crippen LogP contribution < -0.4 is 10.7 Å². The second-order valence-electron chi connectivity index (χ2n) is 4.09. The number of halogens is 1. The van der Waals surface area contributed by atoms with E-state index in [4.69, 9.17) is 11.6 Å². The van der Waals surface area contributed by atoms with Crippen molar-refractivity contribution < 1.29 is 0 Å². The number of nitrogens with zero attached hydrogens (tertiary/aromatic N) is 2. The molecule has 2 aromatic rings. The standard InChI is InChI=1S/C14H7ClN2/c15-10-7-16-12-6-5-9-8-3-1-2-4-11(8)17-14(9)13(10)12/h1-7H. The summed E-state index contributed by atoms with van der Waals surface area (Å²) in [5, 5.41) is 4.90. The zero-order valence-corrected chi connectivity index (χ0v) is 9.57. The molecule has 4 rings (SSSR count). The molecule has 0 unspecified atom stereocenters. The Kier molecular flexibility index (Phi) is 1.64. The topological polar surface area (TPSA) is 24.7 Å². The Morgan fingerprint density at radius 2 is 1.76 bits per heavy atom. The van der Waals surface area contributed by atoms with E-state index in [1.165, 1.54) is 5.22 Å². The van der Waals surface area contributed by atoms with Crippen LogP contribution in [-0.4, -0.2) is 0 Å². The lowest BCUT2D eigenvalue weighted by Crippen LogP contribution is -2.02. The molecule has 0 atom stereocenters. The van der Waals surface area contributed by atoms with Gasteiger partial charge in [-0.15, -0.1) is 0 Å². The first-order valence-corrected chi connectivity index (χ1v) is 5.77. The Morgan fingerprint density at radius 1 is 0.882 bits per heavy atom. The number of hydrogen-bond acceptors (Lipinski definition) is 2. The molecular weight excluding hydrogens is 232 g/mol. The molecule has 2 aliphatic rings.